The maximum atomic E-state index is 13.9. The Morgan fingerprint density at radius 2 is 1.27 bits per heavy atom. The second-order valence-corrected chi connectivity index (χ2v) is 15.9. The van der Waals surface area contributed by atoms with E-state index in [-0.39, 0.29) is 30.4 Å². The largest absolute Gasteiger partial charge is 0.453 e. The van der Waals surface area contributed by atoms with Crippen LogP contribution in [0.1, 0.15) is 62.0 Å². The third-order valence-electron chi connectivity index (χ3n) is 11.7. The summed E-state index contributed by atoms with van der Waals surface area (Å²) >= 11 is 0. The number of aromatic nitrogens is 4. The maximum Gasteiger partial charge on any atom is 0.407 e. The van der Waals surface area contributed by atoms with Crippen LogP contribution in [0, 0.1) is 5.92 Å². The first-order valence-electron chi connectivity index (χ1n) is 20.8. The number of methoxy groups -OCH3 is 2. The van der Waals surface area contributed by atoms with Gasteiger partial charge >= 0.3 is 12.2 Å². The van der Waals surface area contributed by atoms with Gasteiger partial charge in [0.25, 0.3) is 5.91 Å². The van der Waals surface area contributed by atoms with E-state index in [1.165, 1.54) is 14.2 Å². The molecule has 4 amide bonds. The molecule has 2 saturated heterocycles. The molecule has 2 fully saturated rings. The monoisotopic (exact) mass is 838 g/mol. The molecular formula is C47H50N8O7. The Morgan fingerprint density at radius 1 is 0.694 bits per heavy atom. The molecule has 0 radical (unpaired) electrons. The number of rotatable bonds is 11. The van der Waals surface area contributed by atoms with Gasteiger partial charge in [-0.05, 0) is 63.9 Å². The number of alkyl carbamates (subject to hydrolysis) is 2. The quantitative estimate of drug-likeness (QED) is 0.104. The Kier molecular flexibility index (Phi) is 12.3. The second-order valence-electron chi connectivity index (χ2n) is 15.9. The van der Waals surface area contributed by atoms with Crippen molar-refractivity contribution in [2.24, 2.45) is 5.92 Å². The van der Waals surface area contributed by atoms with Crippen molar-refractivity contribution in [3.63, 3.8) is 0 Å². The lowest BCUT2D eigenvalue weighted by molar-refractivity contribution is -0.143. The van der Waals surface area contributed by atoms with Crippen molar-refractivity contribution in [1.82, 2.24) is 40.4 Å². The Bertz CT molecular complexity index is 2550. The molecule has 15 nitrogen and oxygen atoms in total. The molecule has 0 saturated carbocycles. The minimum atomic E-state index is -0.884. The molecule has 62 heavy (non-hydrogen) atoms. The van der Waals surface area contributed by atoms with Gasteiger partial charge in [0.15, 0.2) is 0 Å². The van der Waals surface area contributed by atoms with Gasteiger partial charge in [0, 0.05) is 18.7 Å². The van der Waals surface area contributed by atoms with Crippen LogP contribution in [0.15, 0.2) is 103 Å². The number of carbonyl (C=O) groups excluding carboxylic acids is 4. The van der Waals surface area contributed by atoms with Crippen LogP contribution in [0.5, 0.6) is 0 Å². The average molecular weight is 839 g/mol. The molecule has 4 aromatic carbocycles. The highest BCUT2D eigenvalue weighted by molar-refractivity contribution is 5.91. The van der Waals surface area contributed by atoms with E-state index in [0.29, 0.717) is 36.9 Å². The van der Waals surface area contributed by atoms with E-state index in [1.54, 1.807) is 22.2 Å². The fourth-order valence-corrected chi connectivity index (χ4v) is 8.30. The zero-order valence-corrected chi connectivity index (χ0v) is 35.1. The van der Waals surface area contributed by atoms with Crippen LogP contribution in [-0.4, -0.2) is 100 Å². The molecule has 0 spiro atoms. The molecule has 4 N–H and O–H groups in total. The number of H-pyrrole nitrogens is 2. The third kappa shape index (κ3) is 8.75. The zero-order chi connectivity index (χ0) is 43.3. The molecule has 2 aliphatic rings. The highest BCUT2D eigenvalue weighted by Crippen LogP contribution is 2.35. The SMILES string of the molecule is COC(=O)N[C@H](C(=O)N1CCOC[C@H]1c1ncc(-c2ccc3cc(-c4ccc(-c5cnc([C@@H]6CCCN6C(=O)[C@H](NC(=O)OC)c6ccccc6)[nH]5)cc4)ccc3c2)[nH]1)C(C)C. The summed E-state index contributed by atoms with van der Waals surface area (Å²) in [4.78, 5) is 71.7. The van der Waals surface area contributed by atoms with Crippen molar-refractivity contribution in [3.8, 4) is 33.6 Å². The molecule has 4 heterocycles. The minimum Gasteiger partial charge on any atom is -0.453 e. The van der Waals surface area contributed by atoms with E-state index >= 15 is 0 Å². The smallest absolute Gasteiger partial charge is 0.407 e. The van der Waals surface area contributed by atoms with Crippen molar-refractivity contribution in [1.29, 1.82) is 0 Å². The van der Waals surface area contributed by atoms with E-state index in [2.05, 4.69) is 80.2 Å². The van der Waals surface area contributed by atoms with Gasteiger partial charge in [-0.15, -0.1) is 0 Å². The first-order chi connectivity index (χ1) is 30.1. The van der Waals surface area contributed by atoms with Crippen LogP contribution in [0.3, 0.4) is 0 Å². The standard InChI is InChI=1S/C47H50N8O7/c1-28(2)40(52-46(58)60-3)44(56)55-21-22-62-27-39(55)43-49-26-37(51-43)35-19-18-33-23-32(16-17-34(33)24-35)29-12-14-30(15-13-29)36-25-48-42(50-36)38-11-8-20-54(38)45(57)41(53-47(59)61-4)31-9-6-5-7-10-31/h5-7,9-10,12-19,23-26,28,38-41H,8,11,20-22,27H2,1-4H3,(H,48,50)(H,49,51)(H,52,58)(H,53,59)/t38-,39-,40-,41+/m0/s1. The predicted octanol–water partition coefficient (Wildman–Crippen LogP) is 7.33. The molecule has 6 aromatic rings. The number of ether oxygens (including phenoxy) is 3. The Labute approximate surface area is 359 Å². The minimum absolute atomic E-state index is 0.152. The summed E-state index contributed by atoms with van der Waals surface area (Å²) in [6, 6.07) is 27.7. The van der Waals surface area contributed by atoms with Gasteiger partial charge in [-0.1, -0.05) is 92.7 Å². The van der Waals surface area contributed by atoms with Gasteiger partial charge in [-0.3, -0.25) is 9.59 Å². The number of aromatic amines is 2. The molecule has 2 aliphatic heterocycles. The molecule has 0 unspecified atom stereocenters. The number of benzene rings is 4. The summed E-state index contributed by atoms with van der Waals surface area (Å²) in [6.07, 6.45) is 3.81. The normalized spacial score (nSPS) is 17.4. The third-order valence-corrected chi connectivity index (χ3v) is 11.7. The lowest BCUT2D eigenvalue weighted by atomic mass is 9.98. The number of hydrogen-bond acceptors (Lipinski definition) is 9. The van der Waals surface area contributed by atoms with E-state index in [1.807, 2.05) is 50.2 Å². The highest BCUT2D eigenvalue weighted by Gasteiger charge is 2.38. The van der Waals surface area contributed by atoms with Crippen LogP contribution in [0.25, 0.3) is 44.4 Å². The average Bonchev–Trinajstić information content (AvgIpc) is 4.12. The Balaban J connectivity index is 0.948. The van der Waals surface area contributed by atoms with Gasteiger partial charge in [0.05, 0.1) is 57.3 Å². The first kappa shape index (κ1) is 41.7. The molecule has 4 atom stereocenters. The summed E-state index contributed by atoms with van der Waals surface area (Å²) in [5, 5.41) is 7.54. The van der Waals surface area contributed by atoms with Crippen molar-refractivity contribution in [2.75, 3.05) is 40.5 Å². The van der Waals surface area contributed by atoms with E-state index in [4.69, 9.17) is 19.2 Å². The zero-order valence-electron chi connectivity index (χ0n) is 35.1. The van der Waals surface area contributed by atoms with Gasteiger partial charge in [0.1, 0.15) is 29.8 Å². The second kappa shape index (κ2) is 18.3. The molecule has 2 aromatic heterocycles. The summed E-state index contributed by atoms with van der Waals surface area (Å²) in [5.41, 5.74) is 6.39. The number of morpholine rings is 1. The van der Waals surface area contributed by atoms with Gasteiger partial charge < -0.3 is 44.6 Å². The number of fused-ring (bicyclic) bond motifs is 1. The molecule has 0 bridgehead atoms. The van der Waals surface area contributed by atoms with Crippen LogP contribution in [0.4, 0.5) is 9.59 Å². The Morgan fingerprint density at radius 3 is 1.95 bits per heavy atom. The number of likely N-dealkylation sites (tertiary alicyclic amines) is 1. The van der Waals surface area contributed by atoms with Crippen LogP contribution < -0.4 is 10.6 Å². The number of carbonyl (C=O) groups is 4. The molecule has 8 rings (SSSR count). The molecular weight excluding hydrogens is 789 g/mol. The van der Waals surface area contributed by atoms with Crippen molar-refractivity contribution < 1.29 is 33.4 Å². The molecule has 0 aliphatic carbocycles. The number of nitrogens with one attached hydrogen (secondary N) is 4. The topological polar surface area (TPSA) is 184 Å². The summed E-state index contributed by atoms with van der Waals surface area (Å²) in [7, 11) is 2.56. The van der Waals surface area contributed by atoms with Gasteiger partial charge in [0.2, 0.25) is 5.91 Å². The number of hydrogen-bond donors (Lipinski definition) is 4. The molecule has 320 valence electrons. The Hall–Kier alpha value is -7.00. The van der Waals surface area contributed by atoms with Crippen molar-refractivity contribution >= 4 is 34.8 Å². The summed E-state index contributed by atoms with van der Waals surface area (Å²) < 4.78 is 15.4. The van der Waals surface area contributed by atoms with Crippen molar-refractivity contribution in [2.45, 2.75) is 50.9 Å². The van der Waals surface area contributed by atoms with Gasteiger partial charge in [-0.25, -0.2) is 19.6 Å². The lowest BCUT2D eigenvalue weighted by Gasteiger charge is -2.37. The first-order valence-corrected chi connectivity index (χ1v) is 20.8. The van der Waals surface area contributed by atoms with E-state index in [9.17, 15) is 19.2 Å². The van der Waals surface area contributed by atoms with E-state index in [0.717, 1.165) is 57.3 Å². The number of nitrogens with zero attached hydrogens (tertiary/aromatic N) is 4. The summed E-state index contributed by atoms with van der Waals surface area (Å²) in [6.45, 7) is 5.35. The fourth-order valence-electron chi connectivity index (χ4n) is 8.30. The lowest BCUT2D eigenvalue weighted by Crippen LogP contribution is -2.54. The van der Waals surface area contributed by atoms with Crippen LogP contribution >= 0.6 is 0 Å². The summed E-state index contributed by atoms with van der Waals surface area (Å²) in [5.74, 6) is 0.727. The van der Waals surface area contributed by atoms with Gasteiger partial charge in [-0.2, -0.15) is 0 Å². The number of amides is 4. The highest BCUT2D eigenvalue weighted by atomic mass is 16.5. The predicted molar refractivity (Wildman–Crippen MR) is 232 cm³/mol. The van der Waals surface area contributed by atoms with Crippen molar-refractivity contribution in [3.05, 3.63) is 121 Å². The fraction of sp³-hybridized carbons (Fsp3) is 0.319. The number of imidazole rings is 2. The van der Waals surface area contributed by atoms with E-state index < -0.39 is 30.3 Å². The van der Waals surface area contributed by atoms with Crippen LogP contribution in [0.2, 0.25) is 0 Å². The van der Waals surface area contributed by atoms with Crippen LogP contribution in [-0.2, 0) is 23.8 Å². The maximum absolute atomic E-state index is 13.9. The molecule has 15 heteroatoms.